The van der Waals surface area contributed by atoms with Crippen LogP contribution in [-0.4, -0.2) is 37.7 Å². The van der Waals surface area contributed by atoms with E-state index in [1.165, 1.54) is 7.11 Å². The first-order valence-corrected chi connectivity index (χ1v) is 6.75. The molecule has 1 saturated carbocycles. The highest BCUT2D eigenvalue weighted by Gasteiger charge is 2.43. The molecule has 1 fully saturated rings. The van der Waals surface area contributed by atoms with E-state index < -0.39 is 18.0 Å². The minimum Gasteiger partial charge on any atom is -0.383 e. The van der Waals surface area contributed by atoms with Crippen molar-refractivity contribution in [3.05, 3.63) is 0 Å². The van der Waals surface area contributed by atoms with E-state index in [0.29, 0.717) is 12.8 Å². The summed E-state index contributed by atoms with van der Waals surface area (Å²) in [5, 5.41) is 2.23. The van der Waals surface area contributed by atoms with Crippen LogP contribution in [0.2, 0.25) is 0 Å². The number of nitrogens with one attached hydrogen (secondary N) is 1. The largest absolute Gasteiger partial charge is 0.391 e. The van der Waals surface area contributed by atoms with Gasteiger partial charge in [-0.1, -0.05) is 6.42 Å². The second-order valence-corrected chi connectivity index (χ2v) is 5.52. The van der Waals surface area contributed by atoms with Crippen molar-refractivity contribution in [3.8, 4) is 0 Å². The van der Waals surface area contributed by atoms with E-state index >= 15 is 0 Å². The summed E-state index contributed by atoms with van der Waals surface area (Å²) in [4.78, 5) is 11.8. The molecule has 3 nitrogen and oxygen atoms in total. The molecule has 3 atom stereocenters. The van der Waals surface area contributed by atoms with Crippen molar-refractivity contribution in [2.75, 3.05) is 20.3 Å². The van der Waals surface area contributed by atoms with Gasteiger partial charge in [-0.3, -0.25) is 4.79 Å². The van der Waals surface area contributed by atoms with Crippen molar-refractivity contribution < 1.29 is 22.7 Å². The van der Waals surface area contributed by atoms with Gasteiger partial charge in [-0.05, 0) is 19.3 Å². The molecule has 0 aromatic carbocycles. The highest BCUT2D eigenvalue weighted by molar-refractivity contribution is 6.21. The lowest BCUT2D eigenvalue weighted by atomic mass is 9.80. The number of hydrogen-bond donors (Lipinski definition) is 1. The predicted molar refractivity (Wildman–Crippen MR) is 66.0 cm³/mol. The van der Waals surface area contributed by atoms with Gasteiger partial charge in [-0.15, -0.1) is 11.6 Å². The molecule has 1 amide bonds. The van der Waals surface area contributed by atoms with Crippen LogP contribution in [0.25, 0.3) is 0 Å². The summed E-state index contributed by atoms with van der Waals surface area (Å²) in [6.07, 6.45) is -3.26. The minimum atomic E-state index is -4.20. The van der Waals surface area contributed by atoms with Crippen LogP contribution in [0.5, 0.6) is 0 Å². The number of carbonyl (C=O) groups excluding carboxylic acids is 1. The zero-order chi connectivity index (χ0) is 14.5. The molecule has 0 bridgehead atoms. The summed E-state index contributed by atoms with van der Waals surface area (Å²) in [6.45, 7) is 0.499. The van der Waals surface area contributed by atoms with Crippen LogP contribution in [0.15, 0.2) is 0 Å². The molecule has 3 unspecified atom stereocenters. The third-order valence-corrected chi connectivity index (χ3v) is 3.63. The van der Waals surface area contributed by atoms with Crippen LogP contribution in [0, 0.1) is 11.8 Å². The lowest BCUT2D eigenvalue weighted by Crippen LogP contribution is -2.39. The van der Waals surface area contributed by atoms with Crippen molar-refractivity contribution in [2.24, 2.45) is 11.8 Å². The Labute approximate surface area is 115 Å². The number of amides is 1. The normalized spacial score (nSPS) is 25.9. The molecule has 0 aliphatic heterocycles. The number of alkyl halides is 4. The fourth-order valence-electron chi connectivity index (χ4n) is 2.32. The number of rotatable bonds is 5. The number of ether oxygens (including phenoxy) is 1. The number of methoxy groups -OCH3 is 1. The molecule has 0 heterocycles. The molecule has 1 rings (SSSR count). The molecule has 0 aromatic rings. The van der Waals surface area contributed by atoms with E-state index in [9.17, 15) is 18.0 Å². The first-order chi connectivity index (χ1) is 8.84. The van der Waals surface area contributed by atoms with E-state index in [4.69, 9.17) is 16.3 Å². The number of hydrogen-bond acceptors (Lipinski definition) is 2. The van der Waals surface area contributed by atoms with Gasteiger partial charge in [0.1, 0.15) is 0 Å². The third kappa shape index (κ3) is 5.57. The second kappa shape index (κ2) is 7.33. The fraction of sp³-hybridized carbons (Fsp3) is 0.917. The average molecular weight is 302 g/mol. The Morgan fingerprint density at radius 2 is 2.16 bits per heavy atom. The summed E-state index contributed by atoms with van der Waals surface area (Å²) in [5.41, 5.74) is 0. The first kappa shape index (κ1) is 16.6. The molecule has 0 saturated heterocycles. The van der Waals surface area contributed by atoms with Gasteiger partial charge in [0.2, 0.25) is 5.91 Å². The molecule has 112 valence electrons. The second-order valence-electron chi connectivity index (χ2n) is 4.90. The van der Waals surface area contributed by atoms with Crippen molar-refractivity contribution in [2.45, 2.75) is 37.2 Å². The van der Waals surface area contributed by atoms with Crippen molar-refractivity contribution >= 4 is 17.5 Å². The number of carbonyl (C=O) groups is 1. The summed E-state index contributed by atoms with van der Waals surface area (Å²) in [7, 11) is 1.49. The standard InChI is InChI=1S/C12H19ClF3NO2/c1-19-7-10(13)6-17-11(18)8-3-2-4-9(5-8)12(14,15)16/h8-10H,2-7H2,1H3,(H,17,18). The van der Waals surface area contributed by atoms with Crippen molar-refractivity contribution in [3.63, 3.8) is 0 Å². The molecular formula is C12H19ClF3NO2. The molecule has 1 aliphatic rings. The predicted octanol–water partition coefficient (Wildman–Crippen LogP) is 2.73. The maximum atomic E-state index is 12.6. The van der Waals surface area contributed by atoms with Crippen LogP contribution in [0.4, 0.5) is 13.2 Å². The maximum absolute atomic E-state index is 12.6. The third-order valence-electron chi connectivity index (χ3n) is 3.35. The Morgan fingerprint density at radius 3 is 2.74 bits per heavy atom. The van der Waals surface area contributed by atoms with E-state index in [-0.39, 0.29) is 37.3 Å². The van der Waals surface area contributed by atoms with Crippen LogP contribution >= 0.6 is 11.6 Å². The fourth-order valence-corrected chi connectivity index (χ4v) is 2.52. The van der Waals surface area contributed by atoms with Crippen LogP contribution < -0.4 is 5.32 Å². The van der Waals surface area contributed by atoms with E-state index in [0.717, 1.165) is 0 Å². The van der Waals surface area contributed by atoms with Crippen LogP contribution in [-0.2, 0) is 9.53 Å². The van der Waals surface area contributed by atoms with Crippen LogP contribution in [0.3, 0.4) is 0 Å². The molecule has 0 radical (unpaired) electrons. The van der Waals surface area contributed by atoms with Gasteiger partial charge < -0.3 is 10.1 Å². The molecule has 7 heteroatoms. The average Bonchev–Trinajstić information content (AvgIpc) is 2.35. The molecule has 0 spiro atoms. The van der Waals surface area contributed by atoms with Gasteiger partial charge in [0.25, 0.3) is 0 Å². The molecule has 1 aliphatic carbocycles. The van der Waals surface area contributed by atoms with E-state index in [2.05, 4.69) is 5.32 Å². The Hall–Kier alpha value is -0.490. The zero-order valence-corrected chi connectivity index (χ0v) is 11.6. The lowest BCUT2D eigenvalue weighted by Gasteiger charge is -2.29. The molecule has 0 aromatic heterocycles. The molecule has 1 N–H and O–H groups in total. The summed E-state index contributed by atoms with van der Waals surface area (Å²) in [6, 6.07) is 0. The van der Waals surface area contributed by atoms with Gasteiger partial charge in [0.15, 0.2) is 0 Å². The monoisotopic (exact) mass is 301 g/mol. The summed E-state index contributed by atoms with van der Waals surface area (Å²) in [5.74, 6) is -2.26. The SMILES string of the molecule is COCC(Cl)CNC(=O)C1CCCC(C(F)(F)F)C1. The van der Waals surface area contributed by atoms with Gasteiger partial charge >= 0.3 is 6.18 Å². The quantitative estimate of drug-likeness (QED) is 0.793. The maximum Gasteiger partial charge on any atom is 0.391 e. The number of halogens is 4. The van der Waals surface area contributed by atoms with Crippen molar-refractivity contribution in [1.29, 1.82) is 0 Å². The zero-order valence-electron chi connectivity index (χ0n) is 10.8. The van der Waals surface area contributed by atoms with E-state index in [1.807, 2.05) is 0 Å². The Morgan fingerprint density at radius 1 is 1.47 bits per heavy atom. The molecule has 19 heavy (non-hydrogen) atoms. The van der Waals surface area contributed by atoms with Gasteiger partial charge in [0, 0.05) is 19.6 Å². The molecular weight excluding hydrogens is 283 g/mol. The van der Waals surface area contributed by atoms with E-state index in [1.54, 1.807) is 0 Å². The lowest BCUT2D eigenvalue weighted by molar-refractivity contribution is -0.186. The smallest absolute Gasteiger partial charge is 0.383 e. The van der Waals surface area contributed by atoms with Gasteiger partial charge in [-0.2, -0.15) is 13.2 Å². The van der Waals surface area contributed by atoms with Crippen molar-refractivity contribution in [1.82, 2.24) is 5.32 Å². The Balaban J connectivity index is 2.40. The topological polar surface area (TPSA) is 38.3 Å². The van der Waals surface area contributed by atoms with Gasteiger partial charge in [-0.25, -0.2) is 0 Å². The highest BCUT2D eigenvalue weighted by Crippen LogP contribution is 2.39. The minimum absolute atomic E-state index is 0.118. The van der Waals surface area contributed by atoms with Gasteiger partial charge in [0.05, 0.1) is 17.9 Å². The Bertz CT molecular complexity index is 299. The summed E-state index contributed by atoms with van der Waals surface area (Å²) >= 11 is 5.85. The highest BCUT2D eigenvalue weighted by atomic mass is 35.5. The van der Waals surface area contributed by atoms with Crippen LogP contribution in [0.1, 0.15) is 25.7 Å². The summed E-state index contributed by atoms with van der Waals surface area (Å²) < 4.78 is 42.7. The first-order valence-electron chi connectivity index (χ1n) is 6.32. The Kier molecular flexibility index (Phi) is 6.39.